The molecule has 0 amide bonds. The third kappa shape index (κ3) is 2.60. The van der Waals surface area contributed by atoms with Crippen LogP contribution < -0.4 is 10.1 Å². The van der Waals surface area contributed by atoms with Gasteiger partial charge in [0.1, 0.15) is 11.6 Å². The van der Waals surface area contributed by atoms with Gasteiger partial charge in [-0.25, -0.2) is 4.39 Å². The van der Waals surface area contributed by atoms with Crippen LogP contribution in [0.15, 0.2) is 18.2 Å². The molecule has 0 saturated heterocycles. The zero-order valence-corrected chi connectivity index (χ0v) is 10.6. The number of halogens is 1. The fourth-order valence-corrected chi connectivity index (χ4v) is 2.76. The van der Waals surface area contributed by atoms with E-state index in [-0.39, 0.29) is 5.82 Å². The van der Waals surface area contributed by atoms with Gasteiger partial charge >= 0.3 is 0 Å². The molecule has 94 valence electrons. The van der Waals surface area contributed by atoms with Gasteiger partial charge in [-0.3, -0.25) is 0 Å². The minimum absolute atomic E-state index is 0.181. The van der Waals surface area contributed by atoms with E-state index in [1.165, 1.54) is 25.3 Å². The fraction of sp³-hybridized carbons (Fsp3) is 0.571. The number of nitrogens with one attached hydrogen (secondary N) is 1. The van der Waals surface area contributed by atoms with Crippen molar-refractivity contribution < 1.29 is 9.13 Å². The van der Waals surface area contributed by atoms with Crippen molar-refractivity contribution in [1.82, 2.24) is 5.32 Å². The Morgan fingerprint density at radius 2 is 2.18 bits per heavy atom. The molecule has 17 heavy (non-hydrogen) atoms. The van der Waals surface area contributed by atoms with Crippen LogP contribution in [0.1, 0.15) is 24.8 Å². The predicted molar refractivity (Wildman–Crippen MR) is 66.9 cm³/mol. The van der Waals surface area contributed by atoms with Crippen molar-refractivity contribution in [3.05, 3.63) is 29.6 Å². The van der Waals surface area contributed by atoms with Gasteiger partial charge < -0.3 is 10.1 Å². The highest BCUT2D eigenvalue weighted by atomic mass is 19.1. The van der Waals surface area contributed by atoms with Crippen molar-refractivity contribution in [3.8, 4) is 5.75 Å². The molecule has 0 spiro atoms. The summed E-state index contributed by atoms with van der Waals surface area (Å²) >= 11 is 0. The van der Waals surface area contributed by atoms with Crippen LogP contribution in [0.4, 0.5) is 4.39 Å². The first-order valence-electron chi connectivity index (χ1n) is 6.16. The molecule has 0 aromatic heterocycles. The van der Waals surface area contributed by atoms with E-state index in [4.69, 9.17) is 4.74 Å². The number of ether oxygens (including phenoxy) is 1. The number of benzene rings is 1. The van der Waals surface area contributed by atoms with Crippen molar-refractivity contribution in [2.24, 2.45) is 5.41 Å². The van der Waals surface area contributed by atoms with E-state index in [1.54, 1.807) is 19.2 Å². The lowest BCUT2D eigenvalue weighted by Gasteiger charge is -2.42. The van der Waals surface area contributed by atoms with Crippen LogP contribution in [0.2, 0.25) is 0 Å². The molecule has 0 bridgehead atoms. The zero-order valence-electron chi connectivity index (χ0n) is 10.6. The van der Waals surface area contributed by atoms with Gasteiger partial charge in [0.15, 0.2) is 0 Å². The first-order valence-corrected chi connectivity index (χ1v) is 6.16. The molecule has 1 aromatic rings. The SMILES string of the molecule is CNCC1(Cc2cc(F)ccc2OC)CCC1. The summed E-state index contributed by atoms with van der Waals surface area (Å²) in [5, 5.41) is 3.25. The average Bonchev–Trinajstić information content (AvgIpc) is 2.26. The Balaban J connectivity index is 2.19. The molecular formula is C14H20FNO. The first-order chi connectivity index (χ1) is 8.19. The van der Waals surface area contributed by atoms with Crippen LogP contribution in [0.5, 0.6) is 5.75 Å². The Morgan fingerprint density at radius 1 is 1.41 bits per heavy atom. The van der Waals surface area contributed by atoms with Crippen molar-refractivity contribution >= 4 is 0 Å². The summed E-state index contributed by atoms with van der Waals surface area (Å²) in [6.45, 7) is 0.993. The van der Waals surface area contributed by atoms with Crippen molar-refractivity contribution in [2.45, 2.75) is 25.7 Å². The Bertz CT molecular complexity index is 388. The fourth-order valence-electron chi connectivity index (χ4n) is 2.76. The molecule has 3 heteroatoms. The highest BCUT2D eigenvalue weighted by Crippen LogP contribution is 2.44. The molecular weight excluding hydrogens is 217 g/mol. The molecule has 1 fully saturated rings. The summed E-state index contributed by atoms with van der Waals surface area (Å²) in [5.74, 6) is 0.619. The molecule has 1 N–H and O–H groups in total. The van der Waals surface area contributed by atoms with Gasteiger partial charge in [-0.1, -0.05) is 6.42 Å². The summed E-state index contributed by atoms with van der Waals surface area (Å²) in [7, 11) is 3.62. The highest BCUT2D eigenvalue weighted by molar-refractivity contribution is 5.35. The molecule has 1 aliphatic carbocycles. The van der Waals surface area contributed by atoms with E-state index in [2.05, 4.69) is 5.32 Å². The molecule has 0 aliphatic heterocycles. The van der Waals surface area contributed by atoms with Crippen molar-refractivity contribution in [3.63, 3.8) is 0 Å². The molecule has 0 radical (unpaired) electrons. The Labute approximate surface area is 102 Å². The van der Waals surface area contributed by atoms with E-state index in [0.29, 0.717) is 5.41 Å². The van der Waals surface area contributed by atoms with Gasteiger partial charge in [-0.05, 0) is 55.5 Å². The second kappa shape index (κ2) is 5.05. The van der Waals surface area contributed by atoms with Crippen LogP contribution in [-0.4, -0.2) is 20.7 Å². The number of hydrogen-bond acceptors (Lipinski definition) is 2. The molecule has 1 aromatic carbocycles. The lowest BCUT2D eigenvalue weighted by molar-refractivity contribution is 0.132. The minimum Gasteiger partial charge on any atom is -0.496 e. The molecule has 0 heterocycles. The van der Waals surface area contributed by atoms with Crippen LogP contribution in [-0.2, 0) is 6.42 Å². The van der Waals surface area contributed by atoms with Gasteiger partial charge in [0, 0.05) is 6.54 Å². The molecule has 0 unspecified atom stereocenters. The minimum atomic E-state index is -0.181. The normalized spacial score (nSPS) is 17.6. The third-order valence-electron chi connectivity index (χ3n) is 3.77. The molecule has 2 nitrogen and oxygen atoms in total. The summed E-state index contributed by atoms with van der Waals surface area (Å²) < 4.78 is 18.6. The first kappa shape index (κ1) is 12.4. The summed E-state index contributed by atoms with van der Waals surface area (Å²) in [5.41, 5.74) is 1.29. The predicted octanol–water partition coefficient (Wildman–Crippen LogP) is 2.77. The molecule has 0 atom stereocenters. The lowest BCUT2D eigenvalue weighted by atomic mass is 9.65. The number of hydrogen-bond donors (Lipinski definition) is 1. The average molecular weight is 237 g/mol. The molecule has 1 aliphatic rings. The number of rotatable bonds is 5. The van der Waals surface area contributed by atoms with E-state index >= 15 is 0 Å². The highest BCUT2D eigenvalue weighted by Gasteiger charge is 2.36. The monoisotopic (exact) mass is 237 g/mol. The van der Waals surface area contributed by atoms with Crippen LogP contribution in [0, 0.1) is 11.2 Å². The molecule has 2 rings (SSSR count). The third-order valence-corrected chi connectivity index (χ3v) is 3.77. The van der Waals surface area contributed by atoms with Gasteiger partial charge in [0.2, 0.25) is 0 Å². The van der Waals surface area contributed by atoms with Gasteiger partial charge in [0.05, 0.1) is 7.11 Å². The molecule has 1 saturated carbocycles. The Hall–Kier alpha value is -1.09. The second-order valence-electron chi connectivity index (χ2n) is 5.02. The maximum atomic E-state index is 13.3. The lowest BCUT2D eigenvalue weighted by Crippen LogP contribution is -2.40. The summed E-state index contributed by atoms with van der Waals surface area (Å²) in [6.07, 6.45) is 4.61. The van der Waals surface area contributed by atoms with Crippen molar-refractivity contribution in [1.29, 1.82) is 0 Å². The van der Waals surface area contributed by atoms with E-state index < -0.39 is 0 Å². The Morgan fingerprint density at radius 3 is 2.71 bits per heavy atom. The standard InChI is InChI=1S/C14H20FNO/c1-16-10-14(6-3-7-14)9-11-8-12(15)4-5-13(11)17-2/h4-5,8,16H,3,6-7,9-10H2,1-2H3. The zero-order chi connectivity index (χ0) is 12.3. The largest absolute Gasteiger partial charge is 0.496 e. The summed E-state index contributed by atoms with van der Waals surface area (Å²) in [4.78, 5) is 0. The maximum absolute atomic E-state index is 13.3. The summed E-state index contributed by atoms with van der Waals surface area (Å²) in [6, 6.07) is 4.78. The topological polar surface area (TPSA) is 21.3 Å². The van der Waals surface area contributed by atoms with Gasteiger partial charge in [0.25, 0.3) is 0 Å². The van der Waals surface area contributed by atoms with Gasteiger partial charge in [-0.15, -0.1) is 0 Å². The van der Waals surface area contributed by atoms with Crippen LogP contribution in [0.25, 0.3) is 0 Å². The van der Waals surface area contributed by atoms with Crippen LogP contribution in [0.3, 0.4) is 0 Å². The number of methoxy groups -OCH3 is 1. The van der Waals surface area contributed by atoms with E-state index in [0.717, 1.165) is 24.3 Å². The van der Waals surface area contributed by atoms with Gasteiger partial charge in [-0.2, -0.15) is 0 Å². The smallest absolute Gasteiger partial charge is 0.123 e. The van der Waals surface area contributed by atoms with E-state index in [9.17, 15) is 4.39 Å². The maximum Gasteiger partial charge on any atom is 0.123 e. The van der Waals surface area contributed by atoms with Crippen LogP contribution >= 0.6 is 0 Å². The Kier molecular flexibility index (Phi) is 3.67. The van der Waals surface area contributed by atoms with Crippen molar-refractivity contribution in [2.75, 3.05) is 20.7 Å². The van der Waals surface area contributed by atoms with E-state index in [1.807, 2.05) is 7.05 Å². The quantitative estimate of drug-likeness (QED) is 0.850. The second-order valence-corrected chi connectivity index (χ2v) is 5.02.